The van der Waals surface area contributed by atoms with E-state index in [1.54, 1.807) is 0 Å². The van der Waals surface area contributed by atoms with Crippen LogP contribution in [0.3, 0.4) is 0 Å². The zero-order valence-electron chi connectivity index (χ0n) is 12.8. The third-order valence-corrected chi connectivity index (χ3v) is 4.00. The standard InChI is InChI=1S/C18H21N3O/c1-20-11-13-21(14-12-20)18(22)16-9-5-6-10-17(16)19-15-7-3-2-4-8-15/h2-10,19H,11-14H2,1H3. The lowest BCUT2D eigenvalue weighted by molar-refractivity contribution is 0.0665. The Bertz CT molecular complexity index is 634. The number of amides is 1. The van der Waals surface area contributed by atoms with Crippen molar-refractivity contribution < 1.29 is 4.79 Å². The van der Waals surface area contributed by atoms with Crippen LogP contribution in [0.2, 0.25) is 0 Å². The lowest BCUT2D eigenvalue weighted by atomic mass is 10.1. The minimum absolute atomic E-state index is 0.104. The van der Waals surface area contributed by atoms with E-state index in [9.17, 15) is 4.79 Å². The predicted molar refractivity (Wildman–Crippen MR) is 89.6 cm³/mol. The van der Waals surface area contributed by atoms with Gasteiger partial charge in [0, 0.05) is 31.9 Å². The summed E-state index contributed by atoms with van der Waals surface area (Å²) in [6, 6.07) is 17.6. The Morgan fingerprint density at radius 1 is 0.909 bits per heavy atom. The summed E-state index contributed by atoms with van der Waals surface area (Å²) in [5.74, 6) is 0.104. The number of para-hydroxylation sites is 2. The number of nitrogens with one attached hydrogen (secondary N) is 1. The van der Waals surface area contributed by atoms with Gasteiger partial charge in [-0.2, -0.15) is 0 Å². The van der Waals surface area contributed by atoms with E-state index in [4.69, 9.17) is 0 Å². The van der Waals surface area contributed by atoms with Crippen LogP contribution in [0.4, 0.5) is 11.4 Å². The van der Waals surface area contributed by atoms with Crippen molar-refractivity contribution in [2.24, 2.45) is 0 Å². The van der Waals surface area contributed by atoms with Crippen LogP contribution in [-0.2, 0) is 0 Å². The average molecular weight is 295 g/mol. The van der Waals surface area contributed by atoms with E-state index in [1.165, 1.54) is 0 Å². The first-order chi connectivity index (χ1) is 10.7. The first kappa shape index (κ1) is 14.6. The minimum Gasteiger partial charge on any atom is -0.355 e. The highest BCUT2D eigenvalue weighted by Gasteiger charge is 2.22. The molecule has 1 amide bonds. The van der Waals surface area contributed by atoms with Crippen molar-refractivity contribution >= 4 is 17.3 Å². The van der Waals surface area contributed by atoms with Crippen LogP contribution in [-0.4, -0.2) is 48.9 Å². The Kier molecular flexibility index (Phi) is 4.39. The lowest BCUT2D eigenvalue weighted by Crippen LogP contribution is -2.47. The molecule has 0 bridgehead atoms. The fourth-order valence-electron chi connectivity index (χ4n) is 2.64. The van der Waals surface area contributed by atoms with E-state index in [0.29, 0.717) is 0 Å². The third-order valence-electron chi connectivity index (χ3n) is 4.00. The molecule has 3 rings (SSSR count). The van der Waals surface area contributed by atoms with Gasteiger partial charge < -0.3 is 15.1 Å². The second-order valence-electron chi connectivity index (χ2n) is 5.63. The van der Waals surface area contributed by atoms with Crippen LogP contribution in [0.25, 0.3) is 0 Å². The van der Waals surface area contributed by atoms with Crippen molar-refractivity contribution in [2.45, 2.75) is 0 Å². The Labute approximate surface area is 131 Å². The van der Waals surface area contributed by atoms with E-state index in [0.717, 1.165) is 43.1 Å². The van der Waals surface area contributed by atoms with Crippen molar-refractivity contribution in [1.29, 1.82) is 0 Å². The van der Waals surface area contributed by atoms with Crippen molar-refractivity contribution in [3.63, 3.8) is 0 Å². The molecule has 0 saturated carbocycles. The Balaban J connectivity index is 1.80. The van der Waals surface area contributed by atoms with E-state index >= 15 is 0 Å². The number of likely N-dealkylation sites (N-methyl/N-ethyl adjacent to an activating group) is 1. The molecule has 0 radical (unpaired) electrons. The molecular formula is C18H21N3O. The first-order valence-electron chi connectivity index (χ1n) is 7.63. The van der Waals surface area contributed by atoms with Crippen molar-refractivity contribution in [2.75, 3.05) is 38.5 Å². The normalized spacial score (nSPS) is 15.6. The second kappa shape index (κ2) is 6.62. The van der Waals surface area contributed by atoms with Gasteiger partial charge in [0.2, 0.25) is 0 Å². The molecule has 1 saturated heterocycles. The van der Waals surface area contributed by atoms with Gasteiger partial charge in [-0.3, -0.25) is 4.79 Å². The van der Waals surface area contributed by atoms with Crippen LogP contribution in [0, 0.1) is 0 Å². The fourth-order valence-corrected chi connectivity index (χ4v) is 2.64. The van der Waals surface area contributed by atoms with E-state index in [2.05, 4.69) is 17.3 Å². The highest BCUT2D eigenvalue weighted by molar-refractivity contribution is 6.00. The Morgan fingerprint density at radius 2 is 1.55 bits per heavy atom. The second-order valence-corrected chi connectivity index (χ2v) is 5.63. The topological polar surface area (TPSA) is 35.6 Å². The molecule has 0 spiro atoms. The number of anilines is 2. The smallest absolute Gasteiger partial charge is 0.256 e. The number of nitrogens with zero attached hydrogens (tertiary/aromatic N) is 2. The van der Waals surface area contributed by atoms with Crippen LogP contribution < -0.4 is 5.32 Å². The van der Waals surface area contributed by atoms with Crippen molar-refractivity contribution in [1.82, 2.24) is 9.80 Å². The van der Waals surface area contributed by atoms with Gasteiger partial charge in [0.25, 0.3) is 5.91 Å². The predicted octanol–water partition coefficient (Wildman–Crippen LogP) is 2.82. The molecule has 1 N–H and O–H groups in total. The molecule has 1 aliphatic heterocycles. The Morgan fingerprint density at radius 3 is 2.27 bits per heavy atom. The molecule has 0 unspecified atom stereocenters. The van der Waals surface area contributed by atoms with E-state index in [1.807, 2.05) is 59.5 Å². The first-order valence-corrected chi connectivity index (χ1v) is 7.63. The highest BCUT2D eigenvalue weighted by Crippen LogP contribution is 2.22. The number of hydrogen-bond acceptors (Lipinski definition) is 3. The Hall–Kier alpha value is -2.33. The summed E-state index contributed by atoms with van der Waals surface area (Å²) in [6.07, 6.45) is 0. The largest absolute Gasteiger partial charge is 0.355 e. The molecule has 114 valence electrons. The molecule has 0 atom stereocenters. The molecule has 1 aliphatic rings. The minimum atomic E-state index is 0.104. The van der Waals surface area contributed by atoms with Gasteiger partial charge in [-0.25, -0.2) is 0 Å². The number of rotatable bonds is 3. The van der Waals surface area contributed by atoms with Gasteiger partial charge in [-0.15, -0.1) is 0 Å². The maximum atomic E-state index is 12.8. The zero-order chi connectivity index (χ0) is 15.4. The van der Waals surface area contributed by atoms with E-state index in [-0.39, 0.29) is 5.91 Å². The number of carbonyl (C=O) groups is 1. The summed E-state index contributed by atoms with van der Waals surface area (Å²) >= 11 is 0. The molecule has 0 aliphatic carbocycles. The molecule has 1 fully saturated rings. The summed E-state index contributed by atoms with van der Waals surface area (Å²) in [5.41, 5.74) is 2.58. The van der Waals surface area contributed by atoms with Crippen LogP contribution in [0.5, 0.6) is 0 Å². The molecule has 4 heteroatoms. The summed E-state index contributed by atoms with van der Waals surface area (Å²) in [4.78, 5) is 17.0. The maximum absolute atomic E-state index is 12.8. The van der Waals surface area contributed by atoms with Crippen LogP contribution in [0.1, 0.15) is 10.4 Å². The number of carbonyl (C=O) groups excluding carboxylic acids is 1. The average Bonchev–Trinajstić information content (AvgIpc) is 2.56. The molecular weight excluding hydrogens is 274 g/mol. The van der Waals surface area contributed by atoms with Gasteiger partial charge in [0.05, 0.1) is 11.3 Å². The lowest BCUT2D eigenvalue weighted by Gasteiger charge is -2.32. The number of piperazine rings is 1. The molecule has 2 aromatic carbocycles. The fraction of sp³-hybridized carbons (Fsp3) is 0.278. The third kappa shape index (κ3) is 3.28. The van der Waals surface area contributed by atoms with Gasteiger partial charge >= 0.3 is 0 Å². The molecule has 22 heavy (non-hydrogen) atoms. The van der Waals surface area contributed by atoms with Crippen molar-refractivity contribution in [3.05, 3.63) is 60.2 Å². The monoisotopic (exact) mass is 295 g/mol. The summed E-state index contributed by atoms with van der Waals surface area (Å²) in [7, 11) is 2.09. The molecule has 2 aromatic rings. The van der Waals surface area contributed by atoms with Crippen LogP contribution >= 0.6 is 0 Å². The highest BCUT2D eigenvalue weighted by atomic mass is 16.2. The number of hydrogen-bond donors (Lipinski definition) is 1. The molecule has 1 heterocycles. The SMILES string of the molecule is CN1CCN(C(=O)c2ccccc2Nc2ccccc2)CC1. The molecule has 0 aromatic heterocycles. The summed E-state index contributed by atoms with van der Waals surface area (Å²) < 4.78 is 0. The summed E-state index contributed by atoms with van der Waals surface area (Å²) in [5, 5.41) is 3.34. The quantitative estimate of drug-likeness (QED) is 0.946. The maximum Gasteiger partial charge on any atom is 0.256 e. The van der Waals surface area contributed by atoms with Gasteiger partial charge in [0.15, 0.2) is 0 Å². The molecule has 4 nitrogen and oxygen atoms in total. The number of benzene rings is 2. The summed E-state index contributed by atoms with van der Waals surface area (Å²) in [6.45, 7) is 3.43. The van der Waals surface area contributed by atoms with Gasteiger partial charge in [0.1, 0.15) is 0 Å². The van der Waals surface area contributed by atoms with Gasteiger partial charge in [-0.05, 0) is 31.3 Å². The zero-order valence-corrected chi connectivity index (χ0v) is 12.8. The van der Waals surface area contributed by atoms with E-state index < -0.39 is 0 Å². The van der Waals surface area contributed by atoms with Crippen LogP contribution in [0.15, 0.2) is 54.6 Å². The van der Waals surface area contributed by atoms with Crippen molar-refractivity contribution in [3.8, 4) is 0 Å². The van der Waals surface area contributed by atoms with Gasteiger partial charge in [-0.1, -0.05) is 30.3 Å².